The molecule has 6 aromatic carbocycles. The van der Waals surface area contributed by atoms with E-state index >= 15 is 0 Å². The van der Waals surface area contributed by atoms with Crippen molar-refractivity contribution in [3.05, 3.63) is 133 Å². The first-order chi connectivity index (χ1) is 26.3. The molecule has 0 fully saturated rings. The largest absolute Gasteiger partial charge is 0.554 e. The number of hydrogen-bond acceptors (Lipinski definition) is 7. The summed E-state index contributed by atoms with van der Waals surface area (Å²) in [6, 6.07) is 41.8. The Morgan fingerprint density at radius 3 is 1.20 bits per heavy atom. The van der Waals surface area contributed by atoms with Crippen LogP contribution >= 0.6 is 0 Å². The topological polar surface area (TPSA) is 122 Å². The predicted molar refractivity (Wildman–Crippen MR) is 220 cm³/mol. The molecule has 0 saturated carbocycles. The van der Waals surface area contributed by atoms with Crippen LogP contribution < -0.4 is 9.47 Å². The van der Waals surface area contributed by atoms with Crippen LogP contribution in [0.4, 0.5) is 0 Å². The summed E-state index contributed by atoms with van der Waals surface area (Å²) in [6.45, 7) is 11.4. The van der Waals surface area contributed by atoms with Crippen molar-refractivity contribution in [2.45, 2.75) is 41.5 Å². The molecule has 0 amide bonds. The second kappa shape index (κ2) is 17.3. The van der Waals surface area contributed by atoms with E-state index in [1.54, 1.807) is 23.8 Å². The van der Waals surface area contributed by atoms with E-state index in [-0.39, 0.29) is 42.5 Å². The normalized spacial score (nSPS) is 11.7. The summed E-state index contributed by atoms with van der Waals surface area (Å²) in [5.41, 5.74) is 4.50. The van der Waals surface area contributed by atoms with Crippen LogP contribution in [0.2, 0.25) is 0 Å². The number of aromatic nitrogens is 6. The van der Waals surface area contributed by atoms with E-state index < -0.39 is 0 Å². The van der Waals surface area contributed by atoms with E-state index in [0.717, 1.165) is 66.5 Å². The summed E-state index contributed by atoms with van der Waals surface area (Å²) in [4.78, 5) is 12.9. The van der Waals surface area contributed by atoms with Gasteiger partial charge in [-0.05, 0) is 56.4 Å². The summed E-state index contributed by atoms with van der Waals surface area (Å²) >= 11 is 0. The van der Waals surface area contributed by atoms with Gasteiger partial charge in [0.25, 0.3) is 0 Å². The smallest absolute Gasteiger partial charge is 0.325 e. The maximum Gasteiger partial charge on any atom is 0.325 e. The zero-order valence-electron chi connectivity index (χ0n) is 32.7. The van der Waals surface area contributed by atoms with Crippen LogP contribution in [0, 0.1) is 23.0 Å². The fourth-order valence-corrected chi connectivity index (χ4v) is 5.54. The average Bonchev–Trinajstić information content (AvgIpc) is 3.81. The molecule has 8 rings (SSSR count). The third-order valence-corrected chi connectivity index (χ3v) is 8.80. The number of aliphatic hydroxyl groups is 1. The molecule has 2 N–H and O–H groups in total. The molecule has 0 aliphatic heterocycles. The Morgan fingerprint density at radius 1 is 0.571 bits per heavy atom. The molecule has 11 heteroatoms. The number of benzene rings is 6. The number of methoxy groups -OCH3 is 2. The van der Waals surface area contributed by atoms with Gasteiger partial charge in [-0.3, -0.25) is 4.79 Å². The molecule has 10 nitrogen and oxygen atoms in total. The molecule has 0 saturated heterocycles. The number of ketones is 1. The van der Waals surface area contributed by atoms with Gasteiger partial charge < -0.3 is 14.6 Å². The van der Waals surface area contributed by atoms with Crippen molar-refractivity contribution in [2.75, 3.05) is 14.2 Å². The van der Waals surface area contributed by atoms with Crippen LogP contribution in [0.25, 0.3) is 55.0 Å². The summed E-state index contributed by atoms with van der Waals surface area (Å²) < 4.78 is 10.8. The molecule has 0 bridgehead atoms. The predicted octanol–water partition coefficient (Wildman–Crippen LogP) is 9.83. The Hall–Kier alpha value is -5.90. The fraction of sp³-hybridized carbons (Fsp3) is 0.222. The minimum absolute atomic E-state index is 0. The van der Waals surface area contributed by atoms with E-state index in [2.05, 4.69) is 32.5 Å². The molecule has 0 aliphatic carbocycles. The van der Waals surface area contributed by atoms with Crippen molar-refractivity contribution in [2.24, 2.45) is 10.8 Å². The number of hydrogen-bond donors (Lipinski definition) is 1. The molecule has 8 aromatic rings. The molecule has 0 spiro atoms. The number of nitrogens with zero attached hydrogens (tertiary/aromatic N) is 6. The minimum Gasteiger partial charge on any atom is -0.554 e. The van der Waals surface area contributed by atoms with Crippen molar-refractivity contribution in [1.82, 2.24) is 30.0 Å². The van der Waals surface area contributed by atoms with Crippen molar-refractivity contribution >= 4 is 49.4 Å². The molecule has 2 heterocycles. The van der Waals surface area contributed by atoms with E-state index in [1.165, 1.54) is 6.08 Å². The molecule has 0 atom stereocenters. The number of ether oxygens (including phenoxy) is 2. The van der Waals surface area contributed by atoms with Crippen LogP contribution in [0.1, 0.15) is 41.5 Å². The SMILES string of the molecule is CC(C)(C)C(=[OH+])/C=C(\O)C(C)(C)C.COc1c[c-]c(-n2nc3ccccc3n2)c2ccccc12.COc1c[c-]c(-n2nc3ccccc3n2)c2ccccc12.[Ir]. The quantitative estimate of drug-likeness (QED) is 0.0790. The summed E-state index contributed by atoms with van der Waals surface area (Å²) in [5, 5.41) is 31.8. The second-order valence-corrected chi connectivity index (χ2v) is 14.9. The number of allylic oxidation sites excluding steroid dienone is 2. The zero-order chi connectivity index (χ0) is 39.3. The van der Waals surface area contributed by atoms with Gasteiger partial charge in [0, 0.05) is 37.0 Å². The van der Waals surface area contributed by atoms with Crippen molar-refractivity contribution < 1.29 is 39.5 Å². The number of fused-ring (bicyclic) bond motifs is 4. The molecule has 2 aromatic heterocycles. The molecular formula is C45H45IrN6O4-. The molecular weight excluding hydrogens is 881 g/mol. The number of carbonyl (C=O) groups excluding carboxylic acids is 1. The van der Waals surface area contributed by atoms with E-state index in [0.29, 0.717) is 0 Å². The first-order valence-corrected chi connectivity index (χ1v) is 17.9. The maximum absolute atomic E-state index is 9.60. The Morgan fingerprint density at radius 2 is 0.893 bits per heavy atom. The fourth-order valence-electron chi connectivity index (χ4n) is 5.54. The summed E-state index contributed by atoms with van der Waals surface area (Å²) in [7, 11) is 3.32. The first kappa shape index (κ1) is 41.3. The van der Waals surface area contributed by atoms with Gasteiger partial charge in [0.1, 0.15) is 27.8 Å². The molecule has 289 valence electrons. The minimum atomic E-state index is -0.306. The van der Waals surface area contributed by atoms with Crippen LogP contribution in [-0.2, 0) is 20.1 Å². The molecule has 1 radical (unpaired) electrons. The van der Waals surface area contributed by atoms with Crippen molar-refractivity contribution in [3.63, 3.8) is 0 Å². The first-order valence-electron chi connectivity index (χ1n) is 17.9. The summed E-state index contributed by atoms with van der Waals surface area (Å²) in [6.07, 6.45) is 1.44. The Labute approximate surface area is 340 Å². The molecule has 0 unspecified atom stereocenters. The van der Waals surface area contributed by atoms with Gasteiger partial charge >= 0.3 is 5.78 Å². The third kappa shape index (κ3) is 9.13. The van der Waals surface area contributed by atoms with Crippen LogP contribution in [-0.4, -0.2) is 59.9 Å². The van der Waals surface area contributed by atoms with Crippen molar-refractivity contribution in [3.8, 4) is 22.9 Å². The molecule has 0 aliphatic rings. The summed E-state index contributed by atoms with van der Waals surface area (Å²) in [5.74, 6) is 2.01. The maximum atomic E-state index is 9.60. The average molecular weight is 926 g/mol. The number of rotatable bonds is 5. The zero-order valence-corrected chi connectivity index (χ0v) is 35.1. The van der Waals surface area contributed by atoms with E-state index in [4.69, 9.17) is 9.47 Å². The Bertz CT molecular complexity index is 2430. The monoisotopic (exact) mass is 926 g/mol. The van der Waals surface area contributed by atoms with Crippen LogP contribution in [0.5, 0.6) is 11.5 Å². The number of aliphatic hydroxyl groups excluding tert-OH is 1. The van der Waals surface area contributed by atoms with Gasteiger partial charge in [-0.2, -0.15) is 42.1 Å². The van der Waals surface area contributed by atoms with Gasteiger partial charge in [0.15, 0.2) is 0 Å². The molecule has 56 heavy (non-hydrogen) atoms. The van der Waals surface area contributed by atoms with Gasteiger partial charge in [0.05, 0.1) is 25.7 Å². The standard InChI is InChI=1S/2C17H12N3O.C11H20O2.Ir/c2*1-21-17-11-10-16(12-6-2-3-7-13(12)17)20-18-14-8-4-5-9-15(14)19-20;1-10(2,3)8(12)7-9(13)11(4,5)6;/h2*2-9,11H,1H3;7,12H,1-6H3;/q2*-1;;/p+1/b;;8-7-;. The van der Waals surface area contributed by atoms with E-state index in [1.807, 2.05) is 151 Å². The van der Waals surface area contributed by atoms with Crippen molar-refractivity contribution in [1.29, 1.82) is 0 Å². The van der Waals surface area contributed by atoms with Gasteiger partial charge in [-0.1, -0.05) is 103 Å². The Kier molecular flexibility index (Phi) is 12.7. The Balaban J connectivity index is 0.000000165. The van der Waals surface area contributed by atoms with Gasteiger partial charge in [-0.25, -0.2) is 0 Å². The van der Waals surface area contributed by atoms with Crippen LogP contribution in [0.15, 0.2) is 121 Å². The van der Waals surface area contributed by atoms with Gasteiger partial charge in [0.2, 0.25) is 0 Å². The second-order valence-electron chi connectivity index (χ2n) is 14.9. The third-order valence-electron chi connectivity index (χ3n) is 8.80. The van der Waals surface area contributed by atoms with E-state index in [9.17, 15) is 9.90 Å². The van der Waals surface area contributed by atoms with Crippen LogP contribution in [0.3, 0.4) is 0 Å². The van der Waals surface area contributed by atoms with Gasteiger partial charge in [-0.15, -0.1) is 24.3 Å².